The first-order valence-electron chi connectivity index (χ1n) is 3.42. The molecule has 0 amide bonds. The van der Waals surface area contributed by atoms with Crippen molar-refractivity contribution in [3.63, 3.8) is 0 Å². The Labute approximate surface area is 71.6 Å². The smallest absolute Gasteiger partial charge is 0.127 e. The summed E-state index contributed by atoms with van der Waals surface area (Å²) in [7, 11) is 5.84. The number of nitrogens with zero attached hydrogens (tertiary/aromatic N) is 3. The molecule has 0 aliphatic carbocycles. The van der Waals surface area contributed by atoms with Gasteiger partial charge >= 0.3 is 0 Å². The molecule has 1 aromatic rings. The quantitative estimate of drug-likeness (QED) is 0.669. The molecule has 0 aromatic carbocycles. The van der Waals surface area contributed by atoms with Gasteiger partial charge in [0.15, 0.2) is 0 Å². The minimum Gasteiger partial charge on any atom is -0.304 e. The van der Waals surface area contributed by atoms with Gasteiger partial charge in [-0.05, 0) is 20.2 Å². The normalized spacial score (nSPS) is 11.0. The lowest BCUT2D eigenvalue weighted by Crippen LogP contribution is -2.11. The summed E-state index contributed by atoms with van der Waals surface area (Å²) in [5.74, 6) is 0. The van der Waals surface area contributed by atoms with Crippen LogP contribution in [-0.4, -0.2) is 28.8 Å². The molecule has 0 saturated carbocycles. The second-order valence-corrected chi connectivity index (χ2v) is 3.21. The molecule has 0 aliphatic heterocycles. The lowest BCUT2D eigenvalue weighted by Gasteiger charge is -2.04. The molecule has 62 valence electrons. The van der Waals surface area contributed by atoms with Crippen molar-refractivity contribution in [1.82, 2.24) is 14.7 Å². The van der Waals surface area contributed by atoms with Crippen LogP contribution in [0, 0.1) is 0 Å². The van der Waals surface area contributed by atoms with Crippen molar-refractivity contribution in [2.45, 2.75) is 6.54 Å². The molecule has 0 aliphatic rings. The Morgan fingerprint density at radius 1 is 1.64 bits per heavy atom. The summed E-state index contributed by atoms with van der Waals surface area (Å²) in [5, 5.41) is 4.88. The summed E-state index contributed by atoms with van der Waals surface area (Å²) < 4.78 is 1.67. The number of aromatic nitrogens is 2. The van der Waals surface area contributed by atoms with Crippen molar-refractivity contribution in [2.75, 3.05) is 14.1 Å². The van der Waals surface area contributed by atoms with Crippen molar-refractivity contribution in [2.24, 2.45) is 7.05 Å². The van der Waals surface area contributed by atoms with Crippen molar-refractivity contribution < 1.29 is 0 Å². The molecule has 11 heavy (non-hydrogen) atoms. The summed E-state index contributed by atoms with van der Waals surface area (Å²) >= 11 is 5.79. The van der Waals surface area contributed by atoms with Crippen molar-refractivity contribution >= 4 is 11.6 Å². The minimum absolute atomic E-state index is 0.682. The first-order valence-corrected chi connectivity index (χ1v) is 3.80. The molecule has 0 N–H and O–H groups in total. The van der Waals surface area contributed by atoms with Gasteiger partial charge in [0.25, 0.3) is 0 Å². The van der Waals surface area contributed by atoms with Gasteiger partial charge in [-0.3, -0.25) is 4.68 Å². The van der Waals surface area contributed by atoms with Gasteiger partial charge in [0.1, 0.15) is 5.15 Å². The highest BCUT2D eigenvalue weighted by Gasteiger charge is 2.02. The van der Waals surface area contributed by atoms with Gasteiger partial charge in [-0.25, -0.2) is 0 Å². The van der Waals surface area contributed by atoms with Gasteiger partial charge < -0.3 is 4.90 Å². The summed E-state index contributed by atoms with van der Waals surface area (Å²) in [6, 6.07) is 1.88. The van der Waals surface area contributed by atoms with E-state index in [9.17, 15) is 0 Å². The standard InChI is InChI=1S/C7H12ClN3/c1-10(2)5-6-4-7(8)11(3)9-6/h4H,5H2,1-3H3. The van der Waals surface area contributed by atoms with E-state index in [0.29, 0.717) is 5.15 Å². The fourth-order valence-electron chi connectivity index (χ4n) is 0.901. The zero-order chi connectivity index (χ0) is 8.43. The van der Waals surface area contributed by atoms with Crippen LogP contribution in [0.2, 0.25) is 5.15 Å². The maximum absolute atomic E-state index is 5.79. The maximum Gasteiger partial charge on any atom is 0.127 e. The summed E-state index contributed by atoms with van der Waals surface area (Å²) in [4.78, 5) is 2.05. The molecule has 0 saturated heterocycles. The zero-order valence-corrected chi connectivity index (χ0v) is 7.76. The predicted molar refractivity (Wildman–Crippen MR) is 45.6 cm³/mol. The van der Waals surface area contributed by atoms with Crippen molar-refractivity contribution in [3.05, 3.63) is 16.9 Å². The monoisotopic (exact) mass is 173 g/mol. The Morgan fingerprint density at radius 3 is 2.64 bits per heavy atom. The van der Waals surface area contributed by atoms with Gasteiger partial charge in [-0.2, -0.15) is 5.10 Å². The lowest BCUT2D eigenvalue weighted by atomic mass is 10.4. The predicted octanol–water partition coefficient (Wildman–Crippen LogP) is 1.14. The second-order valence-electron chi connectivity index (χ2n) is 2.82. The lowest BCUT2D eigenvalue weighted by molar-refractivity contribution is 0.395. The van der Waals surface area contributed by atoms with Crippen LogP contribution in [0.1, 0.15) is 5.69 Å². The fraction of sp³-hybridized carbons (Fsp3) is 0.571. The molecular weight excluding hydrogens is 162 g/mol. The number of halogens is 1. The van der Waals surface area contributed by atoms with Crippen LogP contribution in [-0.2, 0) is 13.6 Å². The zero-order valence-electron chi connectivity index (χ0n) is 7.00. The molecule has 0 bridgehead atoms. The molecule has 1 rings (SSSR count). The van der Waals surface area contributed by atoms with E-state index in [1.54, 1.807) is 4.68 Å². The average Bonchev–Trinajstić information content (AvgIpc) is 2.10. The molecule has 1 aromatic heterocycles. The van der Waals surface area contributed by atoms with E-state index in [1.807, 2.05) is 27.2 Å². The molecule has 0 atom stereocenters. The average molecular weight is 174 g/mol. The van der Waals surface area contributed by atoms with Gasteiger partial charge in [0.2, 0.25) is 0 Å². The third-order valence-electron chi connectivity index (χ3n) is 1.35. The van der Waals surface area contributed by atoms with Crippen LogP contribution in [0.4, 0.5) is 0 Å². The molecule has 0 unspecified atom stereocenters. The largest absolute Gasteiger partial charge is 0.304 e. The Balaban J connectivity index is 2.73. The third kappa shape index (κ3) is 2.20. The fourth-order valence-corrected chi connectivity index (χ4v) is 1.07. The van der Waals surface area contributed by atoms with Crippen molar-refractivity contribution in [1.29, 1.82) is 0 Å². The van der Waals surface area contributed by atoms with E-state index in [2.05, 4.69) is 10.00 Å². The van der Waals surface area contributed by atoms with E-state index in [0.717, 1.165) is 12.2 Å². The van der Waals surface area contributed by atoms with E-state index in [-0.39, 0.29) is 0 Å². The Bertz CT molecular complexity index is 222. The van der Waals surface area contributed by atoms with Crippen LogP contribution in [0.3, 0.4) is 0 Å². The van der Waals surface area contributed by atoms with E-state index in [4.69, 9.17) is 11.6 Å². The first kappa shape index (κ1) is 8.56. The number of hydrogen-bond donors (Lipinski definition) is 0. The van der Waals surface area contributed by atoms with E-state index in [1.165, 1.54) is 0 Å². The van der Waals surface area contributed by atoms with Crippen LogP contribution >= 0.6 is 11.6 Å². The highest BCUT2D eigenvalue weighted by Crippen LogP contribution is 2.09. The van der Waals surface area contributed by atoms with Crippen LogP contribution in [0.25, 0.3) is 0 Å². The molecule has 4 heteroatoms. The van der Waals surface area contributed by atoms with Gasteiger partial charge in [0.05, 0.1) is 5.69 Å². The van der Waals surface area contributed by atoms with Gasteiger partial charge in [0, 0.05) is 13.6 Å². The summed E-state index contributed by atoms with van der Waals surface area (Å²) in [5.41, 5.74) is 1.00. The molecule has 1 heterocycles. The van der Waals surface area contributed by atoms with Gasteiger partial charge in [-0.15, -0.1) is 0 Å². The number of aryl methyl sites for hydroxylation is 1. The van der Waals surface area contributed by atoms with Crippen LogP contribution in [0.5, 0.6) is 0 Å². The highest BCUT2D eigenvalue weighted by atomic mass is 35.5. The summed E-state index contributed by atoms with van der Waals surface area (Å²) in [6.07, 6.45) is 0. The van der Waals surface area contributed by atoms with Gasteiger partial charge in [-0.1, -0.05) is 11.6 Å². The number of hydrogen-bond acceptors (Lipinski definition) is 2. The molecule has 0 spiro atoms. The Kier molecular flexibility index (Phi) is 2.52. The molecular formula is C7H12ClN3. The molecule has 3 nitrogen and oxygen atoms in total. The van der Waals surface area contributed by atoms with Crippen LogP contribution in [0.15, 0.2) is 6.07 Å². The van der Waals surface area contributed by atoms with Crippen molar-refractivity contribution in [3.8, 4) is 0 Å². The van der Waals surface area contributed by atoms with E-state index < -0.39 is 0 Å². The Hall–Kier alpha value is -0.540. The van der Waals surface area contributed by atoms with E-state index >= 15 is 0 Å². The third-order valence-corrected chi connectivity index (χ3v) is 1.71. The topological polar surface area (TPSA) is 21.1 Å². The first-order chi connectivity index (χ1) is 5.09. The molecule has 0 radical (unpaired) electrons. The SMILES string of the molecule is CN(C)Cc1cc(Cl)n(C)n1. The Morgan fingerprint density at radius 2 is 2.27 bits per heavy atom. The van der Waals surface area contributed by atoms with Crippen LogP contribution < -0.4 is 0 Å². The molecule has 0 fully saturated rings. The highest BCUT2D eigenvalue weighted by molar-refractivity contribution is 6.29. The number of rotatable bonds is 2. The summed E-state index contributed by atoms with van der Waals surface area (Å²) in [6.45, 7) is 0.834. The maximum atomic E-state index is 5.79. The minimum atomic E-state index is 0.682. The second kappa shape index (κ2) is 3.24.